The minimum absolute atomic E-state index is 0.235. The molecule has 0 radical (unpaired) electrons. The summed E-state index contributed by atoms with van der Waals surface area (Å²) in [6.45, 7) is 8.56. The summed E-state index contributed by atoms with van der Waals surface area (Å²) in [7, 11) is 1.40. The van der Waals surface area contributed by atoms with Gasteiger partial charge in [-0.1, -0.05) is 34.1 Å². The van der Waals surface area contributed by atoms with Crippen molar-refractivity contribution < 1.29 is 24.0 Å². The van der Waals surface area contributed by atoms with Crippen LogP contribution in [-0.4, -0.2) is 37.0 Å². The molecule has 138 valence electrons. The maximum Gasteiger partial charge on any atom is 0.308 e. The lowest BCUT2D eigenvalue weighted by molar-refractivity contribution is -0.409. The average Bonchev–Trinajstić information content (AvgIpc) is 3.40. The van der Waals surface area contributed by atoms with Crippen LogP contribution in [0.25, 0.3) is 0 Å². The van der Waals surface area contributed by atoms with Gasteiger partial charge in [0.1, 0.15) is 17.8 Å². The zero-order valence-corrected chi connectivity index (χ0v) is 15.7. The molecule has 4 unspecified atom stereocenters. The molecule has 2 heterocycles. The fourth-order valence-electron chi connectivity index (χ4n) is 3.59. The van der Waals surface area contributed by atoms with Crippen molar-refractivity contribution in [3.63, 3.8) is 0 Å². The fourth-order valence-corrected chi connectivity index (χ4v) is 3.59. The van der Waals surface area contributed by atoms with Gasteiger partial charge in [0, 0.05) is 0 Å². The van der Waals surface area contributed by atoms with Gasteiger partial charge in [0.2, 0.25) is 0 Å². The SMILES string of the molecule is CC/C(=C\[C@@]1(CC)CC(CC)C(CC(=O)OC)OO1)C1OC1CC. The molecule has 0 bridgehead atoms. The maximum atomic E-state index is 11.6. The highest BCUT2D eigenvalue weighted by Crippen LogP contribution is 2.41. The monoisotopic (exact) mass is 340 g/mol. The topological polar surface area (TPSA) is 57.3 Å². The van der Waals surface area contributed by atoms with Gasteiger partial charge in [-0.05, 0) is 43.3 Å². The van der Waals surface area contributed by atoms with Crippen LogP contribution in [-0.2, 0) is 24.0 Å². The lowest BCUT2D eigenvalue weighted by Gasteiger charge is -2.41. The van der Waals surface area contributed by atoms with E-state index in [9.17, 15) is 4.79 Å². The molecule has 2 aliphatic rings. The van der Waals surface area contributed by atoms with Crippen molar-refractivity contribution in [1.29, 1.82) is 0 Å². The Balaban J connectivity index is 2.11. The Hall–Kier alpha value is -0.910. The summed E-state index contributed by atoms with van der Waals surface area (Å²) in [5.74, 6) is 0.0160. The highest BCUT2D eigenvalue weighted by atomic mass is 17.2. The smallest absolute Gasteiger partial charge is 0.308 e. The number of esters is 1. The fraction of sp³-hybridized carbons (Fsp3) is 0.842. The quantitative estimate of drug-likeness (QED) is 0.290. The van der Waals surface area contributed by atoms with Gasteiger partial charge in [0.05, 0.1) is 19.6 Å². The van der Waals surface area contributed by atoms with Crippen LogP contribution in [0.5, 0.6) is 0 Å². The predicted molar refractivity (Wildman–Crippen MR) is 91.3 cm³/mol. The Morgan fingerprint density at radius 2 is 1.96 bits per heavy atom. The third kappa shape index (κ3) is 4.38. The van der Waals surface area contributed by atoms with Crippen LogP contribution in [0.1, 0.15) is 66.2 Å². The molecule has 2 aliphatic heterocycles. The van der Waals surface area contributed by atoms with Crippen LogP contribution in [0, 0.1) is 5.92 Å². The second-order valence-corrected chi connectivity index (χ2v) is 6.87. The van der Waals surface area contributed by atoms with Crippen LogP contribution in [0.15, 0.2) is 11.6 Å². The van der Waals surface area contributed by atoms with E-state index in [0.717, 1.165) is 32.1 Å². The number of hydrogen-bond acceptors (Lipinski definition) is 5. The van der Waals surface area contributed by atoms with Crippen molar-refractivity contribution in [2.75, 3.05) is 7.11 Å². The number of methoxy groups -OCH3 is 1. The van der Waals surface area contributed by atoms with Crippen LogP contribution < -0.4 is 0 Å². The van der Waals surface area contributed by atoms with Crippen molar-refractivity contribution in [2.45, 2.75) is 90.1 Å². The average molecular weight is 340 g/mol. The van der Waals surface area contributed by atoms with Crippen LogP contribution >= 0.6 is 0 Å². The molecule has 0 aromatic heterocycles. The van der Waals surface area contributed by atoms with Gasteiger partial charge >= 0.3 is 5.97 Å². The third-order valence-corrected chi connectivity index (χ3v) is 5.40. The Kier molecular flexibility index (Phi) is 6.84. The second-order valence-electron chi connectivity index (χ2n) is 6.87. The summed E-state index contributed by atoms with van der Waals surface area (Å²) >= 11 is 0. The standard InChI is InChI=1S/C19H32O5/c1-6-13-11-19(9-4,24-23-16(13)10-17(20)21-5)12-14(7-2)18-15(8-3)22-18/h12-13,15-16,18H,6-11H2,1-5H3/b14-12+/t13?,15?,16?,18?,19-/m1/s1. The van der Waals surface area contributed by atoms with Gasteiger partial charge in [-0.15, -0.1) is 0 Å². The van der Waals surface area contributed by atoms with E-state index >= 15 is 0 Å². The molecule has 0 amide bonds. The van der Waals surface area contributed by atoms with E-state index in [2.05, 4.69) is 33.8 Å². The van der Waals surface area contributed by atoms with Crippen molar-refractivity contribution in [1.82, 2.24) is 0 Å². The van der Waals surface area contributed by atoms with Crippen LogP contribution in [0.3, 0.4) is 0 Å². The van der Waals surface area contributed by atoms with Gasteiger partial charge in [0.15, 0.2) is 0 Å². The summed E-state index contributed by atoms with van der Waals surface area (Å²) < 4.78 is 10.5. The van der Waals surface area contributed by atoms with Gasteiger partial charge in [-0.25, -0.2) is 9.78 Å². The first-order valence-electron chi connectivity index (χ1n) is 9.30. The van der Waals surface area contributed by atoms with Crippen molar-refractivity contribution >= 4 is 5.97 Å². The van der Waals surface area contributed by atoms with E-state index in [-0.39, 0.29) is 30.5 Å². The van der Waals surface area contributed by atoms with Gasteiger partial charge < -0.3 is 9.47 Å². The minimum atomic E-state index is -0.428. The first kappa shape index (κ1) is 19.4. The third-order valence-electron chi connectivity index (χ3n) is 5.40. The number of hydrogen-bond donors (Lipinski definition) is 0. The van der Waals surface area contributed by atoms with E-state index in [0.29, 0.717) is 6.10 Å². The first-order valence-corrected chi connectivity index (χ1v) is 9.30. The van der Waals surface area contributed by atoms with Crippen LogP contribution in [0.2, 0.25) is 0 Å². The molecule has 0 aromatic rings. The molecule has 0 aromatic carbocycles. The zero-order chi connectivity index (χ0) is 17.7. The summed E-state index contributed by atoms with van der Waals surface area (Å²) in [4.78, 5) is 23.1. The number of epoxide rings is 1. The summed E-state index contributed by atoms with van der Waals surface area (Å²) in [6.07, 6.45) is 7.44. The molecule has 24 heavy (non-hydrogen) atoms. The maximum absolute atomic E-state index is 11.6. The van der Waals surface area contributed by atoms with Crippen LogP contribution in [0.4, 0.5) is 0 Å². The number of ether oxygens (including phenoxy) is 2. The van der Waals surface area contributed by atoms with Gasteiger partial charge in [-0.3, -0.25) is 4.79 Å². The molecular weight excluding hydrogens is 308 g/mol. The van der Waals surface area contributed by atoms with E-state index in [1.54, 1.807) is 0 Å². The first-order chi connectivity index (χ1) is 11.5. The summed E-state index contributed by atoms with van der Waals surface area (Å²) in [5, 5.41) is 0. The molecule has 0 spiro atoms. The van der Waals surface area contributed by atoms with Crippen molar-refractivity contribution in [3.8, 4) is 0 Å². The Morgan fingerprint density at radius 1 is 1.21 bits per heavy atom. The van der Waals surface area contributed by atoms with E-state index in [1.165, 1.54) is 12.7 Å². The van der Waals surface area contributed by atoms with Gasteiger partial charge in [-0.2, -0.15) is 0 Å². The molecule has 2 rings (SSSR count). The normalized spacial score (nSPS) is 36.5. The molecule has 5 atom stereocenters. The number of carbonyl (C=O) groups is 1. The molecule has 5 nitrogen and oxygen atoms in total. The highest BCUT2D eigenvalue weighted by Gasteiger charge is 2.45. The Morgan fingerprint density at radius 3 is 2.46 bits per heavy atom. The van der Waals surface area contributed by atoms with Gasteiger partial charge in [0.25, 0.3) is 0 Å². The number of carbonyl (C=O) groups excluding carboxylic acids is 1. The molecule has 0 saturated carbocycles. The molecule has 2 fully saturated rings. The Bertz CT molecular complexity index is 461. The summed E-state index contributed by atoms with van der Waals surface area (Å²) in [5.41, 5.74) is 0.872. The predicted octanol–water partition coefficient (Wildman–Crippen LogP) is 3.96. The second kappa shape index (κ2) is 8.45. The highest BCUT2D eigenvalue weighted by molar-refractivity contribution is 5.69. The molecule has 0 aliphatic carbocycles. The van der Waals surface area contributed by atoms with E-state index in [1.807, 2.05) is 0 Å². The lowest BCUT2D eigenvalue weighted by Crippen LogP contribution is -2.44. The minimum Gasteiger partial charge on any atom is -0.469 e. The number of rotatable bonds is 8. The van der Waals surface area contributed by atoms with Crippen molar-refractivity contribution in [2.24, 2.45) is 5.92 Å². The largest absolute Gasteiger partial charge is 0.469 e. The van der Waals surface area contributed by atoms with E-state index < -0.39 is 5.60 Å². The zero-order valence-electron chi connectivity index (χ0n) is 15.7. The molecular formula is C19H32O5. The summed E-state index contributed by atoms with van der Waals surface area (Å²) in [6, 6.07) is 0. The van der Waals surface area contributed by atoms with E-state index in [4.69, 9.17) is 19.2 Å². The molecule has 0 N–H and O–H groups in total. The molecule has 5 heteroatoms. The van der Waals surface area contributed by atoms with Crippen molar-refractivity contribution in [3.05, 3.63) is 11.6 Å². The Labute approximate surface area is 145 Å². The lowest BCUT2D eigenvalue weighted by atomic mass is 9.80. The molecule has 2 saturated heterocycles.